The van der Waals surface area contributed by atoms with Gasteiger partial charge in [0.15, 0.2) is 11.9 Å². The first kappa shape index (κ1) is 23.7. The second-order valence-electron chi connectivity index (χ2n) is 8.21. The Morgan fingerprint density at radius 3 is 2.50 bits per heavy atom. The minimum Gasteiger partial charge on any atom is -0.492 e. The van der Waals surface area contributed by atoms with Crippen LogP contribution in [0.3, 0.4) is 0 Å². The largest absolute Gasteiger partial charge is 0.492 e. The molecule has 0 amide bonds. The molecule has 4 rings (SSSR count). The van der Waals surface area contributed by atoms with Crippen LogP contribution in [-0.2, 0) is 22.5 Å². The van der Waals surface area contributed by atoms with E-state index in [2.05, 4.69) is 9.72 Å². The molecule has 1 N–H and O–H groups in total. The molecule has 1 unspecified atom stereocenters. The number of aliphatic carboxylic acids is 1. The number of alkyl halides is 3. The highest BCUT2D eigenvalue weighted by Gasteiger charge is 2.32. The standard InChI is InChI=1S/C24H23F3N2O5/c25-24(26,27)14-34-20(23(31)32)13-15-1-6-18(7-2-15)33-12-11-29-10-9-17-5-8-19(28-22(17)29)21(30)16-3-4-16/h1-2,5-10,16,20H,3-4,11-14H2,(H,31,32). The summed E-state index contributed by atoms with van der Waals surface area (Å²) in [6.45, 7) is -0.811. The molecule has 0 radical (unpaired) electrons. The van der Waals surface area contributed by atoms with E-state index in [0.717, 1.165) is 18.2 Å². The minimum atomic E-state index is -4.60. The van der Waals surface area contributed by atoms with Crippen molar-refractivity contribution in [2.75, 3.05) is 13.2 Å². The lowest BCUT2D eigenvalue weighted by atomic mass is 10.1. The molecular weight excluding hydrogens is 453 g/mol. The Bertz CT molecular complexity index is 1170. The van der Waals surface area contributed by atoms with E-state index >= 15 is 0 Å². The summed E-state index contributed by atoms with van der Waals surface area (Å²) < 4.78 is 49.1. The fourth-order valence-corrected chi connectivity index (χ4v) is 3.54. The molecule has 1 aromatic carbocycles. The van der Waals surface area contributed by atoms with E-state index in [1.54, 1.807) is 30.3 Å². The Kier molecular flexibility index (Phi) is 6.87. The van der Waals surface area contributed by atoms with Gasteiger partial charge in [-0.3, -0.25) is 4.79 Å². The van der Waals surface area contributed by atoms with Crippen molar-refractivity contribution < 1.29 is 37.3 Å². The Hall–Kier alpha value is -3.40. The molecule has 2 heterocycles. The molecule has 34 heavy (non-hydrogen) atoms. The first-order chi connectivity index (χ1) is 16.2. The molecule has 3 aromatic rings. The first-order valence-electron chi connectivity index (χ1n) is 10.8. The van der Waals surface area contributed by atoms with E-state index < -0.39 is 24.9 Å². The summed E-state index contributed by atoms with van der Waals surface area (Å²) in [6.07, 6.45) is -2.68. The van der Waals surface area contributed by atoms with Crippen molar-refractivity contribution in [1.29, 1.82) is 0 Å². The number of ketones is 1. The Morgan fingerprint density at radius 2 is 1.85 bits per heavy atom. The number of benzene rings is 1. The van der Waals surface area contributed by atoms with E-state index in [0.29, 0.717) is 35.8 Å². The smallest absolute Gasteiger partial charge is 0.411 e. The van der Waals surface area contributed by atoms with Gasteiger partial charge in [-0.25, -0.2) is 9.78 Å². The number of hydrogen-bond acceptors (Lipinski definition) is 5. The van der Waals surface area contributed by atoms with Crippen LogP contribution in [0.4, 0.5) is 13.2 Å². The maximum absolute atomic E-state index is 12.3. The fourth-order valence-electron chi connectivity index (χ4n) is 3.54. The van der Waals surface area contributed by atoms with Crippen molar-refractivity contribution in [3.8, 4) is 5.75 Å². The lowest BCUT2D eigenvalue weighted by Gasteiger charge is -2.15. The van der Waals surface area contributed by atoms with E-state index in [1.807, 2.05) is 22.9 Å². The van der Waals surface area contributed by atoms with Crippen molar-refractivity contribution in [1.82, 2.24) is 9.55 Å². The van der Waals surface area contributed by atoms with Gasteiger partial charge in [-0.2, -0.15) is 13.2 Å². The van der Waals surface area contributed by atoms with Gasteiger partial charge in [-0.15, -0.1) is 0 Å². The molecule has 0 bridgehead atoms. The van der Waals surface area contributed by atoms with Crippen LogP contribution in [0, 0.1) is 5.92 Å². The number of nitrogens with zero attached hydrogens (tertiary/aromatic N) is 2. The SMILES string of the molecule is O=C(c1ccc2ccn(CCOc3ccc(CC(OCC(F)(F)F)C(=O)O)cc3)c2n1)C1CC1. The molecule has 0 aliphatic heterocycles. The van der Waals surface area contributed by atoms with Crippen LogP contribution < -0.4 is 4.74 Å². The van der Waals surface area contributed by atoms with Gasteiger partial charge in [0.2, 0.25) is 0 Å². The van der Waals surface area contributed by atoms with E-state index in [4.69, 9.17) is 9.84 Å². The van der Waals surface area contributed by atoms with Gasteiger partial charge in [0.1, 0.15) is 30.3 Å². The summed E-state index contributed by atoms with van der Waals surface area (Å²) in [5.41, 5.74) is 1.70. The van der Waals surface area contributed by atoms with Crippen molar-refractivity contribution >= 4 is 22.8 Å². The van der Waals surface area contributed by atoms with Crippen LogP contribution in [0.5, 0.6) is 5.75 Å². The van der Waals surface area contributed by atoms with Crippen LogP contribution in [0.1, 0.15) is 28.9 Å². The van der Waals surface area contributed by atoms with Crippen LogP contribution in [0.15, 0.2) is 48.7 Å². The highest BCUT2D eigenvalue weighted by atomic mass is 19.4. The van der Waals surface area contributed by atoms with Crippen molar-refractivity contribution in [3.05, 3.63) is 59.9 Å². The second kappa shape index (κ2) is 9.84. The maximum atomic E-state index is 12.3. The number of halogens is 3. The molecule has 10 heteroatoms. The molecule has 180 valence electrons. The molecule has 7 nitrogen and oxygen atoms in total. The fraction of sp³-hybridized carbons (Fsp3) is 0.375. The summed E-state index contributed by atoms with van der Waals surface area (Å²) in [4.78, 5) is 28.0. The number of rotatable bonds is 11. The summed E-state index contributed by atoms with van der Waals surface area (Å²) in [5.74, 6) is -0.749. The Morgan fingerprint density at radius 1 is 1.12 bits per heavy atom. The predicted molar refractivity (Wildman–Crippen MR) is 116 cm³/mol. The molecule has 1 atom stereocenters. The summed E-state index contributed by atoms with van der Waals surface area (Å²) >= 11 is 0. The van der Waals surface area contributed by atoms with Crippen molar-refractivity contribution in [2.24, 2.45) is 5.92 Å². The molecule has 1 aliphatic rings. The number of aromatic nitrogens is 2. The number of Topliss-reactive ketones (excluding diaryl/α,β-unsaturated/α-hetero) is 1. The van der Waals surface area contributed by atoms with Crippen molar-refractivity contribution in [3.63, 3.8) is 0 Å². The normalized spacial score (nSPS) is 14.8. The average molecular weight is 476 g/mol. The third-order valence-electron chi connectivity index (χ3n) is 5.48. The van der Waals surface area contributed by atoms with Gasteiger partial charge in [0.05, 0.1) is 6.54 Å². The number of carbonyl (C=O) groups excluding carboxylic acids is 1. The zero-order chi connectivity index (χ0) is 24.3. The van der Waals surface area contributed by atoms with Crippen LogP contribution >= 0.6 is 0 Å². The van der Waals surface area contributed by atoms with Crippen LogP contribution in [0.25, 0.3) is 11.0 Å². The third-order valence-corrected chi connectivity index (χ3v) is 5.48. The highest BCUT2D eigenvalue weighted by Crippen LogP contribution is 2.32. The number of carbonyl (C=O) groups is 2. The minimum absolute atomic E-state index is 0.0833. The van der Waals surface area contributed by atoms with Gasteiger partial charge in [0, 0.05) is 23.9 Å². The van der Waals surface area contributed by atoms with Crippen molar-refractivity contribution in [2.45, 2.75) is 38.1 Å². The van der Waals surface area contributed by atoms with Gasteiger partial charge in [-0.1, -0.05) is 12.1 Å². The van der Waals surface area contributed by atoms with Gasteiger partial charge in [0.25, 0.3) is 0 Å². The highest BCUT2D eigenvalue weighted by molar-refractivity contribution is 5.99. The number of carboxylic acids is 1. The Labute approximate surface area is 193 Å². The van der Waals surface area contributed by atoms with E-state index in [9.17, 15) is 22.8 Å². The molecular formula is C24H23F3N2O5. The summed E-state index contributed by atoms with van der Waals surface area (Å²) in [6, 6.07) is 12.0. The topological polar surface area (TPSA) is 90.7 Å². The summed E-state index contributed by atoms with van der Waals surface area (Å²) in [5, 5.41) is 10.0. The number of pyridine rings is 1. The zero-order valence-electron chi connectivity index (χ0n) is 18.1. The monoisotopic (exact) mass is 476 g/mol. The van der Waals surface area contributed by atoms with E-state index in [-0.39, 0.29) is 18.1 Å². The molecule has 0 saturated heterocycles. The second-order valence-corrected chi connectivity index (χ2v) is 8.21. The van der Waals surface area contributed by atoms with Crippen LogP contribution in [0.2, 0.25) is 0 Å². The third kappa shape index (κ3) is 6.13. The number of fused-ring (bicyclic) bond motifs is 1. The molecule has 1 saturated carbocycles. The number of hydrogen-bond donors (Lipinski definition) is 1. The Balaban J connectivity index is 1.32. The first-order valence-corrected chi connectivity index (χ1v) is 10.8. The molecule has 1 aliphatic carbocycles. The predicted octanol–water partition coefficient (Wildman–Crippen LogP) is 4.28. The lowest BCUT2D eigenvalue weighted by molar-refractivity contribution is -0.192. The van der Waals surface area contributed by atoms with Gasteiger partial charge in [-0.05, 0) is 48.7 Å². The average Bonchev–Trinajstić information content (AvgIpc) is 3.57. The molecule has 1 fully saturated rings. The van der Waals surface area contributed by atoms with E-state index in [1.165, 1.54) is 0 Å². The number of carboxylic acid groups (broad SMARTS) is 1. The molecule has 0 spiro atoms. The number of ether oxygens (including phenoxy) is 2. The quantitative estimate of drug-likeness (QED) is 0.416. The van der Waals surface area contributed by atoms with Gasteiger partial charge < -0.3 is 19.1 Å². The zero-order valence-corrected chi connectivity index (χ0v) is 18.1. The molecule has 2 aromatic heterocycles. The van der Waals surface area contributed by atoms with Crippen LogP contribution in [-0.4, -0.2) is 51.9 Å². The summed E-state index contributed by atoms with van der Waals surface area (Å²) in [7, 11) is 0. The van der Waals surface area contributed by atoms with Gasteiger partial charge >= 0.3 is 12.1 Å². The lowest BCUT2D eigenvalue weighted by Crippen LogP contribution is -2.31. The maximum Gasteiger partial charge on any atom is 0.411 e.